The van der Waals surface area contributed by atoms with Gasteiger partial charge in [-0.25, -0.2) is 8.78 Å². The Morgan fingerprint density at radius 3 is 2.00 bits per heavy atom. The number of likely N-dealkylation sites (tertiary alicyclic amines) is 1. The Bertz CT molecular complexity index is 572. The minimum absolute atomic E-state index is 0.00777. The van der Waals surface area contributed by atoms with Crippen molar-refractivity contribution in [1.82, 2.24) is 4.90 Å². The number of hydrogen-bond acceptors (Lipinski definition) is 4. The highest BCUT2D eigenvalue weighted by atomic mass is 19.3. The summed E-state index contributed by atoms with van der Waals surface area (Å²) in [4.78, 5) is 13.4. The Morgan fingerprint density at radius 1 is 1.17 bits per heavy atom. The number of rotatable bonds is 5. The van der Waals surface area contributed by atoms with Gasteiger partial charge in [0.1, 0.15) is 17.5 Å². The topological polar surface area (TPSA) is 59.0 Å². The van der Waals surface area contributed by atoms with Gasteiger partial charge in [0.05, 0.1) is 14.2 Å². The van der Waals surface area contributed by atoms with E-state index in [0.717, 1.165) is 0 Å². The number of carboxylic acids is 1. The number of benzene rings is 1. The summed E-state index contributed by atoms with van der Waals surface area (Å²) in [5.74, 6) is -4.81. The van der Waals surface area contributed by atoms with E-state index in [4.69, 9.17) is 9.47 Å². The molecule has 0 aromatic heterocycles. The summed E-state index contributed by atoms with van der Waals surface area (Å²) in [6.45, 7) is 2.92. The Morgan fingerprint density at radius 2 is 1.62 bits per heavy atom. The zero-order valence-electron chi connectivity index (χ0n) is 14.3. The molecule has 0 amide bonds. The van der Waals surface area contributed by atoms with Gasteiger partial charge in [0, 0.05) is 31.0 Å². The highest BCUT2D eigenvalue weighted by Crippen LogP contribution is 2.41. The van der Waals surface area contributed by atoms with Gasteiger partial charge in [-0.2, -0.15) is 0 Å². The molecule has 3 unspecified atom stereocenters. The summed E-state index contributed by atoms with van der Waals surface area (Å²) in [5.41, 5.74) is 0.448. The first-order chi connectivity index (χ1) is 11.2. The third-order valence-corrected chi connectivity index (χ3v) is 4.62. The highest BCUT2D eigenvalue weighted by molar-refractivity contribution is 5.76. The van der Waals surface area contributed by atoms with E-state index in [2.05, 4.69) is 0 Å². The molecule has 1 aliphatic rings. The second-order valence-electron chi connectivity index (χ2n) is 6.32. The van der Waals surface area contributed by atoms with Gasteiger partial charge in [-0.15, -0.1) is 0 Å². The SMILES string of the molecule is COc1cc(OC)cc(C(C(=O)O)N2CC(C)C(F)(F)C(C)C2)c1. The van der Waals surface area contributed by atoms with Crippen LogP contribution in [0.3, 0.4) is 0 Å². The third kappa shape index (κ3) is 3.45. The maximum atomic E-state index is 14.1. The monoisotopic (exact) mass is 343 g/mol. The molecule has 3 atom stereocenters. The van der Waals surface area contributed by atoms with Crippen LogP contribution < -0.4 is 9.47 Å². The number of piperidine rings is 1. The van der Waals surface area contributed by atoms with Crippen molar-refractivity contribution in [1.29, 1.82) is 0 Å². The zero-order valence-corrected chi connectivity index (χ0v) is 14.3. The number of nitrogens with zero attached hydrogens (tertiary/aromatic N) is 1. The predicted octanol–water partition coefficient (Wildman–Crippen LogP) is 3.05. The standard InChI is InChI=1S/C17H23F2NO4/c1-10-8-20(9-11(2)17(10,18)19)15(16(21)22)12-5-13(23-3)7-14(6-12)24-4/h5-7,10-11,15H,8-9H2,1-4H3,(H,21,22). The number of ether oxygens (including phenoxy) is 2. The van der Waals surface area contributed by atoms with Crippen molar-refractivity contribution < 1.29 is 28.2 Å². The average Bonchev–Trinajstić information content (AvgIpc) is 2.52. The van der Waals surface area contributed by atoms with Crippen LogP contribution in [0.5, 0.6) is 11.5 Å². The summed E-state index contributed by atoms with van der Waals surface area (Å²) in [6, 6.07) is 3.81. The number of aliphatic carboxylic acids is 1. The predicted molar refractivity (Wildman–Crippen MR) is 84.8 cm³/mol. The molecule has 2 rings (SSSR count). The molecule has 7 heteroatoms. The molecule has 1 aliphatic heterocycles. The lowest BCUT2D eigenvalue weighted by Gasteiger charge is -2.43. The Kier molecular flexibility index (Phi) is 5.32. The molecule has 1 heterocycles. The number of methoxy groups -OCH3 is 2. The van der Waals surface area contributed by atoms with Crippen LogP contribution in [0.25, 0.3) is 0 Å². The molecule has 1 aromatic rings. The molecule has 1 fully saturated rings. The fourth-order valence-corrected chi connectivity index (χ4v) is 3.21. The van der Waals surface area contributed by atoms with E-state index >= 15 is 0 Å². The summed E-state index contributed by atoms with van der Waals surface area (Å²) >= 11 is 0. The fraction of sp³-hybridized carbons (Fsp3) is 0.588. The van der Waals surface area contributed by atoms with E-state index in [-0.39, 0.29) is 13.1 Å². The van der Waals surface area contributed by atoms with Gasteiger partial charge in [0.2, 0.25) is 0 Å². The van der Waals surface area contributed by atoms with Crippen LogP contribution in [0.1, 0.15) is 25.5 Å². The Hall–Kier alpha value is -1.89. The molecule has 0 aliphatic carbocycles. The summed E-state index contributed by atoms with van der Waals surface area (Å²) < 4.78 is 38.5. The van der Waals surface area contributed by atoms with Gasteiger partial charge in [0.15, 0.2) is 0 Å². The number of halogens is 2. The van der Waals surface area contributed by atoms with Crippen molar-refractivity contribution in [2.24, 2.45) is 11.8 Å². The van der Waals surface area contributed by atoms with Crippen molar-refractivity contribution in [2.45, 2.75) is 25.8 Å². The van der Waals surface area contributed by atoms with Gasteiger partial charge in [-0.3, -0.25) is 9.69 Å². The number of alkyl halides is 2. The van der Waals surface area contributed by atoms with Crippen LogP contribution in [0.2, 0.25) is 0 Å². The van der Waals surface area contributed by atoms with Crippen LogP contribution in [-0.4, -0.2) is 49.2 Å². The molecule has 0 saturated carbocycles. The van der Waals surface area contributed by atoms with Crippen LogP contribution in [0.4, 0.5) is 8.78 Å². The molecule has 5 nitrogen and oxygen atoms in total. The van der Waals surface area contributed by atoms with Crippen molar-refractivity contribution in [2.75, 3.05) is 27.3 Å². The summed E-state index contributed by atoms with van der Waals surface area (Å²) in [5, 5.41) is 9.70. The molecule has 24 heavy (non-hydrogen) atoms. The van der Waals surface area contributed by atoms with E-state index in [1.807, 2.05) is 0 Å². The smallest absolute Gasteiger partial charge is 0.325 e. The van der Waals surface area contributed by atoms with Gasteiger partial charge >= 0.3 is 5.97 Å². The van der Waals surface area contributed by atoms with Crippen molar-refractivity contribution in [3.63, 3.8) is 0 Å². The molecule has 0 radical (unpaired) electrons. The summed E-state index contributed by atoms with van der Waals surface area (Å²) in [6.07, 6.45) is 0. The largest absolute Gasteiger partial charge is 0.497 e. The van der Waals surface area contributed by atoms with Crippen molar-refractivity contribution in [3.8, 4) is 11.5 Å². The van der Waals surface area contributed by atoms with E-state index < -0.39 is 29.8 Å². The number of carboxylic acid groups (broad SMARTS) is 1. The lowest BCUT2D eigenvalue weighted by Crippen LogP contribution is -2.53. The van der Waals surface area contributed by atoms with Gasteiger partial charge in [0.25, 0.3) is 5.92 Å². The Labute approximate surface area is 140 Å². The lowest BCUT2D eigenvalue weighted by molar-refractivity contribution is -0.162. The van der Waals surface area contributed by atoms with Crippen LogP contribution >= 0.6 is 0 Å². The minimum Gasteiger partial charge on any atom is -0.497 e. The third-order valence-electron chi connectivity index (χ3n) is 4.62. The van der Waals surface area contributed by atoms with E-state index in [1.165, 1.54) is 28.1 Å². The number of carbonyl (C=O) groups is 1. The fourth-order valence-electron chi connectivity index (χ4n) is 3.21. The van der Waals surface area contributed by atoms with Crippen LogP contribution in [0, 0.1) is 11.8 Å². The van der Waals surface area contributed by atoms with Crippen LogP contribution in [0.15, 0.2) is 18.2 Å². The van der Waals surface area contributed by atoms with E-state index in [1.54, 1.807) is 23.1 Å². The molecule has 0 bridgehead atoms. The maximum Gasteiger partial charge on any atom is 0.325 e. The molecule has 0 spiro atoms. The second-order valence-corrected chi connectivity index (χ2v) is 6.32. The minimum atomic E-state index is -2.80. The first-order valence-corrected chi connectivity index (χ1v) is 7.78. The molecule has 1 N–H and O–H groups in total. The second kappa shape index (κ2) is 6.93. The molecular weight excluding hydrogens is 320 g/mol. The molecule has 1 aromatic carbocycles. The maximum absolute atomic E-state index is 14.1. The molecule has 134 valence electrons. The van der Waals surface area contributed by atoms with Crippen LogP contribution in [-0.2, 0) is 4.79 Å². The first kappa shape index (κ1) is 18.4. The average molecular weight is 343 g/mol. The normalized spacial score (nSPS) is 25.1. The molecule has 1 saturated heterocycles. The quantitative estimate of drug-likeness (QED) is 0.890. The molecular formula is C17H23F2NO4. The van der Waals surface area contributed by atoms with Crippen molar-refractivity contribution in [3.05, 3.63) is 23.8 Å². The van der Waals surface area contributed by atoms with E-state index in [9.17, 15) is 18.7 Å². The number of hydrogen-bond donors (Lipinski definition) is 1. The van der Waals surface area contributed by atoms with Gasteiger partial charge < -0.3 is 14.6 Å². The van der Waals surface area contributed by atoms with Gasteiger partial charge in [-0.05, 0) is 17.7 Å². The Balaban J connectivity index is 2.39. The first-order valence-electron chi connectivity index (χ1n) is 7.78. The highest BCUT2D eigenvalue weighted by Gasteiger charge is 2.49. The van der Waals surface area contributed by atoms with Crippen molar-refractivity contribution >= 4 is 5.97 Å². The zero-order chi connectivity index (χ0) is 18.1. The summed E-state index contributed by atoms with van der Waals surface area (Å²) in [7, 11) is 2.94. The lowest BCUT2D eigenvalue weighted by atomic mass is 9.85. The van der Waals surface area contributed by atoms with Gasteiger partial charge in [-0.1, -0.05) is 13.8 Å². The van der Waals surface area contributed by atoms with E-state index in [0.29, 0.717) is 17.1 Å².